The van der Waals surface area contributed by atoms with Crippen molar-refractivity contribution < 1.29 is 32.7 Å². The van der Waals surface area contributed by atoms with Crippen LogP contribution in [0.4, 0.5) is 0 Å². The van der Waals surface area contributed by atoms with Gasteiger partial charge in [0.05, 0.1) is 0 Å². The van der Waals surface area contributed by atoms with E-state index in [-0.39, 0.29) is 38.2 Å². The molecule has 0 aliphatic heterocycles. The summed E-state index contributed by atoms with van der Waals surface area (Å²) < 4.78 is 0. The molecule has 0 heterocycles. The van der Waals surface area contributed by atoms with Crippen LogP contribution in [0.25, 0.3) is 5.32 Å². The monoisotopic (exact) mass is 272 g/mol. The van der Waals surface area contributed by atoms with Gasteiger partial charge in [-0.2, -0.15) is 6.42 Å². The van der Waals surface area contributed by atoms with E-state index in [4.69, 9.17) is 0 Å². The number of hydrogen-bond donors (Lipinski definition) is 0. The summed E-state index contributed by atoms with van der Waals surface area (Å²) in [4.78, 5) is 0. The van der Waals surface area contributed by atoms with Crippen LogP contribution in [-0.2, 0) is 32.7 Å². The van der Waals surface area contributed by atoms with Crippen LogP contribution in [0, 0.1) is 18.3 Å². The van der Waals surface area contributed by atoms with Crippen molar-refractivity contribution in [1.82, 2.24) is 0 Å². The van der Waals surface area contributed by atoms with E-state index in [1.165, 1.54) is 0 Å². The van der Waals surface area contributed by atoms with E-state index in [1.54, 1.807) is 0 Å². The molecule has 1 atom stereocenters. The van der Waals surface area contributed by atoms with Gasteiger partial charge in [0.2, 0.25) is 0 Å². The molecule has 0 aromatic heterocycles. The smallest absolute Gasteiger partial charge is 0 e. The first-order valence-electron chi connectivity index (χ1n) is 5.15. The van der Waals surface area contributed by atoms with E-state index in [2.05, 4.69) is 53.8 Å². The zero-order valence-corrected chi connectivity index (χ0v) is 13.6. The minimum absolute atomic E-state index is 0. The van der Waals surface area contributed by atoms with Crippen molar-refractivity contribution in [3.05, 3.63) is 12.2 Å². The minimum Gasteiger partial charge on any atom is -0.657 e. The standard InChI is InChI=1S/C12H25N.Y/c1-8-10(11(2,3)4)9-13-12(5,6)7;/h10H,1,8-9H2,2-7H3;/q-2;. The zero-order chi connectivity index (χ0) is 10.7. The summed E-state index contributed by atoms with van der Waals surface area (Å²) in [7, 11) is 0. The molecule has 0 fully saturated rings. The van der Waals surface area contributed by atoms with Crippen LogP contribution in [0.5, 0.6) is 0 Å². The van der Waals surface area contributed by atoms with Crippen LogP contribution in [-0.4, -0.2) is 12.1 Å². The molecule has 2 heteroatoms. The van der Waals surface area contributed by atoms with Gasteiger partial charge >= 0.3 is 0 Å². The molecule has 0 bridgehead atoms. The average Bonchev–Trinajstić information content (AvgIpc) is 1.82. The first-order valence-corrected chi connectivity index (χ1v) is 5.15. The van der Waals surface area contributed by atoms with Gasteiger partial charge in [-0.05, 0) is 5.41 Å². The summed E-state index contributed by atoms with van der Waals surface area (Å²) in [5.41, 5.74) is 0.426. The van der Waals surface area contributed by atoms with E-state index < -0.39 is 0 Å². The summed E-state index contributed by atoms with van der Waals surface area (Å²) >= 11 is 0. The van der Waals surface area contributed by atoms with Gasteiger partial charge in [-0.25, -0.2) is 0 Å². The van der Waals surface area contributed by atoms with Crippen molar-refractivity contribution in [2.24, 2.45) is 11.3 Å². The van der Waals surface area contributed by atoms with Gasteiger partial charge in [-0.1, -0.05) is 47.5 Å². The molecule has 0 saturated heterocycles. The molecule has 14 heavy (non-hydrogen) atoms. The molecule has 0 aromatic carbocycles. The number of rotatable bonds is 3. The fourth-order valence-corrected chi connectivity index (χ4v) is 1.18. The summed E-state index contributed by atoms with van der Waals surface area (Å²) in [6.07, 6.45) is 0.975. The van der Waals surface area contributed by atoms with Gasteiger partial charge < -0.3 is 12.2 Å². The summed E-state index contributed by atoms with van der Waals surface area (Å²) in [6, 6.07) is 0. The average molecular weight is 272 g/mol. The maximum absolute atomic E-state index is 4.65. The Morgan fingerprint density at radius 3 is 1.71 bits per heavy atom. The molecule has 0 N–H and O–H groups in total. The number of hydrogen-bond acceptors (Lipinski definition) is 0. The van der Waals surface area contributed by atoms with Gasteiger partial charge in [-0.15, -0.1) is 12.1 Å². The summed E-state index contributed by atoms with van der Waals surface area (Å²) in [6.45, 7) is 18.2. The van der Waals surface area contributed by atoms with E-state index >= 15 is 0 Å². The first kappa shape index (κ1) is 17.5. The van der Waals surface area contributed by atoms with Crippen molar-refractivity contribution in [2.45, 2.75) is 53.5 Å². The van der Waals surface area contributed by atoms with Crippen molar-refractivity contribution in [1.29, 1.82) is 0 Å². The van der Waals surface area contributed by atoms with Crippen LogP contribution in [0.1, 0.15) is 48.0 Å². The van der Waals surface area contributed by atoms with Crippen LogP contribution in [0.15, 0.2) is 0 Å². The van der Waals surface area contributed by atoms with E-state index in [1.807, 2.05) is 0 Å². The first-order chi connectivity index (χ1) is 5.67. The van der Waals surface area contributed by atoms with Crippen LogP contribution >= 0.6 is 0 Å². The van der Waals surface area contributed by atoms with Crippen molar-refractivity contribution in [2.75, 3.05) is 6.54 Å². The van der Waals surface area contributed by atoms with E-state index in [0.717, 1.165) is 13.0 Å². The Bertz CT molecular complexity index is 141. The Balaban J connectivity index is 0. The van der Waals surface area contributed by atoms with Gasteiger partial charge in [0.1, 0.15) is 0 Å². The molecule has 0 saturated carbocycles. The molecule has 83 valence electrons. The number of nitrogens with zero attached hydrogens (tertiary/aromatic N) is 1. The molecule has 0 aliphatic carbocycles. The maximum Gasteiger partial charge on any atom is 0 e. The molecule has 0 spiro atoms. The van der Waals surface area contributed by atoms with E-state index in [9.17, 15) is 0 Å². The molecular formula is C12H25NY-2. The Labute approximate surface area is 116 Å². The van der Waals surface area contributed by atoms with E-state index in [0.29, 0.717) is 11.3 Å². The van der Waals surface area contributed by atoms with Gasteiger partial charge in [0.15, 0.2) is 0 Å². The molecule has 1 unspecified atom stereocenters. The second-order valence-electron chi connectivity index (χ2n) is 5.86. The molecule has 0 aromatic rings. The summed E-state index contributed by atoms with van der Waals surface area (Å²) in [5.74, 6) is 0.603. The molecule has 0 rings (SSSR count). The Kier molecular flexibility index (Phi) is 8.24. The quantitative estimate of drug-likeness (QED) is 0.688. The van der Waals surface area contributed by atoms with Gasteiger partial charge in [-0.3, -0.25) is 0 Å². The maximum atomic E-state index is 4.65. The molecule has 1 radical (unpaired) electrons. The topological polar surface area (TPSA) is 14.1 Å². The normalized spacial score (nSPS) is 14.8. The fourth-order valence-electron chi connectivity index (χ4n) is 1.18. The molecular weight excluding hydrogens is 247 g/mol. The third-order valence-electron chi connectivity index (χ3n) is 2.36. The Hall–Kier alpha value is 1.06. The summed E-state index contributed by atoms with van der Waals surface area (Å²) in [5, 5.41) is 4.65. The fraction of sp³-hybridized carbons (Fsp3) is 0.917. The Morgan fingerprint density at radius 2 is 1.50 bits per heavy atom. The van der Waals surface area contributed by atoms with Crippen LogP contribution < -0.4 is 0 Å². The largest absolute Gasteiger partial charge is 0.657 e. The third-order valence-corrected chi connectivity index (χ3v) is 2.36. The Morgan fingerprint density at radius 1 is 1.07 bits per heavy atom. The van der Waals surface area contributed by atoms with Crippen LogP contribution in [0.3, 0.4) is 0 Å². The van der Waals surface area contributed by atoms with Crippen LogP contribution in [0.2, 0.25) is 0 Å². The van der Waals surface area contributed by atoms with Gasteiger partial charge in [0.25, 0.3) is 0 Å². The van der Waals surface area contributed by atoms with Crippen molar-refractivity contribution >= 4 is 0 Å². The second kappa shape index (κ2) is 6.60. The molecule has 1 nitrogen and oxygen atoms in total. The van der Waals surface area contributed by atoms with Crippen molar-refractivity contribution in [3.8, 4) is 0 Å². The third kappa shape index (κ3) is 8.38. The molecule has 0 aliphatic rings. The second-order valence-corrected chi connectivity index (χ2v) is 5.86. The SMILES string of the molecule is [CH2-]CC(C[N-]C(C)(C)C)C(C)(C)C.[Y]. The predicted octanol–water partition coefficient (Wildman–Crippen LogP) is 4.04. The molecule has 0 amide bonds. The predicted molar refractivity (Wildman–Crippen MR) is 60.9 cm³/mol. The van der Waals surface area contributed by atoms with Crippen molar-refractivity contribution in [3.63, 3.8) is 0 Å². The van der Waals surface area contributed by atoms with Gasteiger partial charge in [0, 0.05) is 32.7 Å². The minimum atomic E-state index is 0. The zero-order valence-electron chi connectivity index (χ0n) is 10.7.